The number of hydrogen-bond acceptors (Lipinski definition) is 3. The van der Waals surface area contributed by atoms with Crippen LogP contribution in [0.1, 0.15) is 98.8 Å². The number of fused-ring (bicyclic) bond motifs is 5. The van der Waals surface area contributed by atoms with E-state index in [9.17, 15) is 10.2 Å². The van der Waals surface area contributed by atoms with E-state index in [0.29, 0.717) is 52.4 Å². The molecule has 0 heterocycles. The summed E-state index contributed by atoms with van der Waals surface area (Å²) in [5, 5.41) is 25.4. The highest BCUT2D eigenvalue weighted by Gasteiger charge is 2.62. The predicted molar refractivity (Wildman–Crippen MR) is 129 cm³/mol. The van der Waals surface area contributed by atoms with E-state index in [0.717, 1.165) is 25.2 Å². The Morgan fingerprint density at radius 1 is 0.903 bits per heavy atom. The third-order valence-electron chi connectivity index (χ3n) is 11.5. The van der Waals surface area contributed by atoms with Gasteiger partial charge in [0.2, 0.25) is 0 Å². The monoisotopic (exact) mass is 433 g/mol. The minimum atomic E-state index is -0.159. The standard InChI is InChI=1S/C28H51NO2/c1-17(2)24(30)10-7-18(3)21-8-9-22-26-23(12-14-28(21,22)5)27(4)13-11-20(29-6)15-19(27)16-25(26)31/h17-26,29-31H,7-16H2,1-6H3. The Balaban J connectivity index is 1.49. The number of hydrogen-bond donors (Lipinski definition) is 3. The van der Waals surface area contributed by atoms with Crippen LogP contribution < -0.4 is 5.32 Å². The Bertz CT molecular complexity index is 622. The third kappa shape index (κ3) is 4.03. The summed E-state index contributed by atoms with van der Waals surface area (Å²) in [4.78, 5) is 0. The van der Waals surface area contributed by atoms with Crippen molar-refractivity contribution >= 4 is 0 Å². The van der Waals surface area contributed by atoms with Crippen LogP contribution in [0.15, 0.2) is 0 Å². The molecule has 0 bridgehead atoms. The van der Waals surface area contributed by atoms with Crippen LogP contribution in [0.25, 0.3) is 0 Å². The molecule has 4 rings (SSSR count). The Kier molecular flexibility index (Phi) is 6.91. The Labute approximate surface area is 192 Å². The smallest absolute Gasteiger partial charge is 0.0577 e. The molecule has 3 N–H and O–H groups in total. The normalized spacial score (nSPS) is 49.3. The molecule has 11 atom stereocenters. The van der Waals surface area contributed by atoms with Crippen LogP contribution in [-0.2, 0) is 0 Å². The molecule has 180 valence electrons. The average Bonchev–Trinajstić information content (AvgIpc) is 3.09. The minimum Gasteiger partial charge on any atom is -0.393 e. The molecule has 0 saturated heterocycles. The lowest BCUT2D eigenvalue weighted by Crippen LogP contribution is -2.59. The molecule has 4 aliphatic carbocycles. The van der Waals surface area contributed by atoms with Gasteiger partial charge in [0.1, 0.15) is 0 Å². The molecule has 4 fully saturated rings. The van der Waals surface area contributed by atoms with Gasteiger partial charge in [0, 0.05) is 6.04 Å². The zero-order valence-corrected chi connectivity index (χ0v) is 21.2. The summed E-state index contributed by atoms with van der Waals surface area (Å²) in [5.74, 6) is 4.42. The van der Waals surface area contributed by atoms with Gasteiger partial charge in [-0.25, -0.2) is 0 Å². The van der Waals surface area contributed by atoms with Gasteiger partial charge in [-0.05, 0) is 124 Å². The molecule has 0 amide bonds. The first-order valence-electron chi connectivity index (χ1n) is 13.6. The topological polar surface area (TPSA) is 52.5 Å². The number of rotatable bonds is 6. The number of nitrogens with one attached hydrogen (secondary N) is 1. The van der Waals surface area contributed by atoms with Crippen molar-refractivity contribution in [3.8, 4) is 0 Å². The Hall–Kier alpha value is -0.120. The minimum absolute atomic E-state index is 0.0971. The molecular weight excluding hydrogens is 382 g/mol. The summed E-state index contributed by atoms with van der Waals surface area (Å²) in [6.07, 6.45) is 12.1. The summed E-state index contributed by atoms with van der Waals surface area (Å²) in [6.45, 7) is 11.9. The van der Waals surface area contributed by atoms with E-state index in [1.165, 1.54) is 44.9 Å². The van der Waals surface area contributed by atoms with E-state index >= 15 is 0 Å². The molecule has 4 aliphatic rings. The fourth-order valence-corrected chi connectivity index (χ4v) is 9.43. The molecule has 4 saturated carbocycles. The van der Waals surface area contributed by atoms with Gasteiger partial charge in [0.05, 0.1) is 12.2 Å². The predicted octanol–water partition coefficient (Wildman–Crippen LogP) is 5.64. The van der Waals surface area contributed by atoms with Crippen molar-refractivity contribution in [2.75, 3.05) is 7.05 Å². The van der Waals surface area contributed by atoms with Gasteiger partial charge in [-0.1, -0.05) is 34.6 Å². The first-order valence-corrected chi connectivity index (χ1v) is 13.6. The number of aliphatic hydroxyl groups excluding tert-OH is 2. The molecule has 11 unspecified atom stereocenters. The van der Waals surface area contributed by atoms with E-state index in [-0.39, 0.29) is 12.2 Å². The second kappa shape index (κ2) is 8.91. The molecule has 0 aromatic carbocycles. The van der Waals surface area contributed by atoms with Crippen molar-refractivity contribution in [2.45, 2.75) is 117 Å². The van der Waals surface area contributed by atoms with Crippen LogP contribution in [0.3, 0.4) is 0 Å². The summed E-state index contributed by atoms with van der Waals surface area (Å²) in [5.41, 5.74) is 0.819. The van der Waals surface area contributed by atoms with Crippen LogP contribution in [0.5, 0.6) is 0 Å². The van der Waals surface area contributed by atoms with Gasteiger partial charge in [-0.15, -0.1) is 0 Å². The lowest BCUT2D eigenvalue weighted by molar-refractivity contribution is -0.167. The summed E-state index contributed by atoms with van der Waals surface area (Å²) in [7, 11) is 2.11. The van der Waals surface area contributed by atoms with Crippen LogP contribution in [0.4, 0.5) is 0 Å². The van der Waals surface area contributed by atoms with Crippen LogP contribution in [0, 0.1) is 52.3 Å². The van der Waals surface area contributed by atoms with Gasteiger partial charge in [0.25, 0.3) is 0 Å². The SMILES string of the molecule is CNC1CCC2(C)C(C1)CC(O)C1C2CCC2(C)C(C(C)CCC(O)C(C)C)CCC12. The van der Waals surface area contributed by atoms with Gasteiger partial charge >= 0.3 is 0 Å². The van der Waals surface area contributed by atoms with Gasteiger partial charge < -0.3 is 15.5 Å². The lowest BCUT2D eigenvalue weighted by Gasteiger charge is -2.62. The summed E-state index contributed by atoms with van der Waals surface area (Å²) < 4.78 is 0. The van der Waals surface area contributed by atoms with E-state index in [1.54, 1.807) is 0 Å². The highest BCUT2D eigenvalue weighted by Crippen LogP contribution is 2.68. The van der Waals surface area contributed by atoms with E-state index in [4.69, 9.17) is 0 Å². The van der Waals surface area contributed by atoms with Crippen LogP contribution >= 0.6 is 0 Å². The van der Waals surface area contributed by atoms with Crippen molar-refractivity contribution in [1.82, 2.24) is 5.32 Å². The van der Waals surface area contributed by atoms with Crippen molar-refractivity contribution in [3.63, 3.8) is 0 Å². The van der Waals surface area contributed by atoms with E-state index in [2.05, 4.69) is 47.0 Å². The second-order valence-corrected chi connectivity index (χ2v) is 13.2. The quantitative estimate of drug-likeness (QED) is 0.508. The molecule has 3 heteroatoms. The maximum absolute atomic E-state index is 11.5. The van der Waals surface area contributed by atoms with Crippen molar-refractivity contribution in [2.24, 2.45) is 52.3 Å². The van der Waals surface area contributed by atoms with Crippen LogP contribution in [-0.4, -0.2) is 35.5 Å². The highest BCUT2D eigenvalue weighted by molar-refractivity contribution is 5.12. The Morgan fingerprint density at radius 2 is 1.58 bits per heavy atom. The molecule has 31 heavy (non-hydrogen) atoms. The average molecular weight is 434 g/mol. The molecule has 0 aromatic heterocycles. The maximum Gasteiger partial charge on any atom is 0.0577 e. The molecule has 0 spiro atoms. The first-order chi connectivity index (χ1) is 14.6. The van der Waals surface area contributed by atoms with Crippen molar-refractivity contribution in [3.05, 3.63) is 0 Å². The zero-order valence-electron chi connectivity index (χ0n) is 21.2. The molecule has 0 radical (unpaired) electrons. The molecular formula is C28H51NO2. The third-order valence-corrected chi connectivity index (χ3v) is 11.5. The summed E-state index contributed by atoms with van der Waals surface area (Å²) in [6, 6.07) is 0.647. The number of aliphatic hydroxyl groups is 2. The Morgan fingerprint density at radius 3 is 2.26 bits per heavy atom. The lowest BCUT2D eigenvalue weighted by atomic mass is 9.43. The van der Waals surface area contributed by atoms with Crippen LogP contribution in [0.2, 0.25) is 0 Å². The molecule has 3 nitrogen and oxygen atoms in total. The second-order valence-electron chi connectivity index (χ2n) is 13.2. The summed E-state index contributed by atoms with van der Waals surface area (Å²) >= 11 is 0. The van der Waals surface area contributed by atoms with Gasteiger partial charge in [-0.3, -0.25) is 0 Å². The zero-order chi connectivity index (χ0) is 22.6. The highest BCUT2D eigenvalue weighted by atomic mass is 16.3. The maximum atomic E-state index is 11.5. The molecule has 0 aromatic rings. The van der Waals surface area contributed by atoms with E-state index in [1.807, 2.05) is 0 Å². The largest absolute Gasteiger partial charge is 0.393 e. The van der Waals surface area contributed by atoms with E-state index < -0.39 is 0 Å². The first kappa shape index (κ1) is 24.0. The van der Waals surface area contributed by atoms with Gasteiger partial charge in [0.15, 0.2) is 0 Å². The fraction of sp³-hybridized carbons (Fsp3) is 1.00. The molecule has 0 aliphatic heterocycles. The van der Waals surface area contributed by atoms with Crippen molar-refractivity contribution in [1.29, 1.82) is 0 Å². The van der Waals surface area contributed by atoms with Gasteiger partial charge in [-0.2, -0.15) is 0 Å². The fourth-order valence-electron chi connectivity index (χ4n) is 9.43. The van der Waals surface area contributed by atoms with Crippen molar-refractivity contribution < 1.29 is 10.2 Å².